The van der Waals surface area contributed by atoms with Gasteiger partial charge in [-0.15, -0.1) is 0 Å². The summed E-state index contributed by atoms with van der Waals surface area (Å²) in [5, 5.41) is 1.05. The van der Waals surface area contributed by atoms with Crippen LogP contribution in [0.5, 0.6) is 0 Å². The molecule has 7 heteroatoms. The van der Waals surface area contributed by atoms with Gasteiger partial charge in [-0.3, -0.25) is 9.59 Å². The molecular weight excluding hydrogens is 344 g/mol. The number of fused-ring (bicyclic) bond motifs is 1. The van der Waals surface area contributed by atoms with E-state index in [2.05, 4.69) is 14.9 Å². The van der Waals surface area contributed by atoms with Gasteiger partial charge in [-0.1, -0.05) is 12.1 Å². The topological polar surface area (TPSA) is 75.6 Å². The van der Waals surface area contributed by atoms with Crippen molar-refractivity contribution in [2.24, 2.45) is 5.41 Å². The Labute approximate surface area is 158 Å². The molecule has 142 valence electrons. The van der Waals surface area contributed by atoms with E-state index >= 15 is 0 Å². The number of cyclic esters (lactones) is 1. The summed E-state index contributed by atoms with van der Waals surface area (Å²) in [6.45, 7) is 3.66. The number of benzene rings is 1. The molecule has 2 saturated heterocycles. The molecule has 0 radical (unpaired) electrons. The van der Waals surface area contributed by atoms with E-state index in [1.54, 1.807) is 6.33 Å². The van der Waals surface area contributed by atoms with Crippen LogP contribution >= 0.6 is 0 Å². The summed E-state index contributed by atoms with van der Waals surface area (Å²) in [5.74, 6) is 0.666. The Morgan fingerprint density at radius 3 is 2.70 bits per heavy atom. The van der Waals surface area contributed by atoms with Gasteiger partial charge in [0.2, 0.25) is 5.91 Å². The number of carbonyl (C=O) groups excluding carboxylic acids is 2. The van der Waals surface area contributed by atoms with E-state index in [-0.39, 0.29) is 30.9 Å². The molecule has 0 aliphatic carbocycles. The highest BCUT2D eigenvalue weighted by Crippen LogP contribution is 2.33. The second kappa shape index (κ2) is 6.79. The van der Waals surface area contributed by atoms with Crippen molar-refractivity contribution >= 4 is 28.6 Å². The number of piperidine rings is 1. The molecular formula is C20H24N4O3. The van der Waals surface area contributed by atoms with Crippen molar-refractivity contribution in [3.8, 4) is 0 Å². The van der Waals surface area contributed by atoms with E-state index < -0.39 is 5.41 Å². The summed E-state index contributed by atoms with van der Waals surface area (Å²) in [7, 11) is 1.84. The Hall–Kier alpha value is -2.70. The van der Waals surface area contributed by atoms with Crippen molar-refractivity contribution in [3.05, 3.63) is 30.6 Å². The Balaban J connectivity index is 1.44. The number of para-hydroxylation sites is 1. The molecule has 0 saturated carbocycles. The molecule has 1 aromatic carbocycles. The van der Waals surface area contributed by atoms with Gasteiger partial charge in [0, 0.05) is 31.6 Å². The molecule has 0 bridgehead atoms. The lowest BCUT2D eigenvalue weighted by molar-refractivity contribution is -0.142. The van der Waals surface area contributed by atoms with E-state index in [1.807, 2.05) is 43.1 Å². The van der Waals surface area contributed by atoms with Gasteiger partial charge in [-0.05, 0) is 31.9 Å². The molecule has 2 aliphatic rings. The van der Waals surface area contributed by atoms with Crippen molar-refractivity contribution in [3.63, 3.8) is 0 Å². The van der Waals surface area contributed by atoms with Crippen molar-refractivity contribution in [1.29, 1.82) is 0 Å². The number of esters is 1. The molecule has 2 fully saturated rings. The first kappa shape index (κ1) is 17.7. The van der Waals surface area contributed by atoms with Crippen molar-refractivity contribution in [1.82, 2.24) is 14.9 Å². The molecule has 0 N–H and O–H groups in total. The van der Waals surface area contributed by atoms with Crippen LogP contribution < -0.4 is 4.90 Å². The monoisotopic (exact) mass is 368 g/mol. The van der Waals surface area contributed by atoms with E-state index in [1.165, 1.54) is 0 Å². The van der Waals surface area contributed by atoms with Crippen LogP contribution in [0.15, 0.2) is 30.6 Å². The second-order valence-electron chi connectivity index (χ2n) is 7.75. The van der Waals surface area contributed by atoms with Crippen LogP contribution in [-0.2, 0) is 14.3 Å². The highest BCUT2D eigenvalue weighted by atomic mass is 16.5. The highest BCUT2D eigenvalue weighted by Gasteiger charge is 2.45. The van der Waals surface area contributed by atoms with E-state index in [4.69, 9.17) is 4.74 Å². The minimum Gasteiger partial charge on any atom is -0.464 e. The smallest absolute Gasteiger partial charge is 0.307 e. The quantitative estimate of drug-likeness (QED) is 0.772. The third-order valence-corrected chi connectivity index (χ3v) is 5.76. The van der Waals surface area contributed by atoms with E-state index in [9.17, 15) is 9.59 Å². The Morgan fingerprint density at radius 1 is 1.26 bits per heavy atom. The lowest BCUT2D eigenvalue weighted by Gasteiger charge is -2.39. The normalized spacial score (nSPS) is 23.5. The van der Waals surface area contributed by atoms with Gasteiger partial charge in [0.15, 0.2) is 0 Å². The number of rotatable bonds is 3. The zero-order valence-electron chi connectivity index (χ0n) is 15.7. The minimum atomic E-state index is -0.730. The molecule has 4 rings (SSSR count). The number of ether oxygens (including phenoxy) is 1. The molecule has 3 heterocycles. The zero-order valence-corrected chi connectivity index (χ0v) is 15.7. The Kier molecular flexibility index (Phi) is 4.45. The van der Waals surface area contributed by atoms with Crippen LogP contribution in [0.2, 0.25) is 0 Å². The van der Waals surface area contributed by atoms with Crippen molar-refractivity contribution < 1.29 is 14.3 Å². The number of carbonyl (C=O) groups is 2. The fourth-order valence-electron chi connectivity index (χ4n) is 4.10. The van der Waals surface area contributed by atoms with E-state index in [0.29, 0.717) is 0 Å². The summed E-state index contributed by atoms with van der Waals surface area (Å²) in [6.07, 6.45) is 3.51. The summed E-state index contributed by atoms with van der Waals surface area (Å²) >= 11 is 0. The van der Waals surface area contributed by atoms with Gasteiger partial charge in [0.05, 0.1) is 17.4 Å². The molecule has 1 amide bonds. The standard InChI is InChI=1S/C20H24N4O3/c1-20(11-17(25)27-12-20)19(26)23(2)14-7-9-24(10-8-14)18-15-5-3-4-6-16(15)21-13-22-18/h3-6,13-14H,7-12H2,1-2H3. The average Bonchev–Trinajstić information content (AvgIpc) is 3.06. The van der Waals surface area contributed by atoms with Gasteiger partial charge >= 0.3 is 5.97 Å². The molecule has 0 spiro atoms. The molecule has 7 nitrogen and oxygen atoms in total. The van der Waals surface area contributed by atoms with Crippen LogP contribution in [0.3, 0.4) is 0 Å². The van der Waals surface area contributed by atoms with Gasteiger partial charge in [-0.25, -0.2) is 9.97 Å². The minimum absolute atomic E-state index is 0.000661. The first-order chi connectivity index (χ1) is 13.0. The first-order valence-electron chi connectivity index (χ1n) is 9.35. The fraction of sp³-hybridized carbons (Fsp3) is 0.500. The SMILES string of the molecule is CN(C(=O)C1(C)COC(=O)C1)C1CCN(c2ncnc3ccccc23)CC1. The fourth-order valence-corrected chi connectivity index (χ4v) is 4.10. The molecule has 2 aromatic rings. The highest BCUT2D eigenvalue weighted by molar-refractivity contribution is 5.90. The summed E-state index contributed by atoms with van der Waals surface area (Å²) < 4.78 is 5.03. The zero-order chi connectivity index (χ0) is 19.0. The number of hydrogen-bond donors (Lipinski definition) is 0. The van der Waals surface area contributed by atoms with Crippen LogP contribution in [0, 0.1) is 5.41 Å². The third-order valence-electron chi connectivity index (χ3n) is 5.76. The van der Waals surface area contributed by atoms with Gasteiger partial charge < -0.3 is 14.5 Å². The van der Waals surface area contributed by atoms with Crippen LogP contribution in [-0.4, -0.2) is 59.5 Å². The Bertz CT molecular complexity index is 873. The summed E-state index contributed by atoms with van der Waals surface area (Å²) in [4.78, 5) is 37.3. The summed E-state index contributed by atoms with van der Waals surface area (Å²) in [5.41, 5.74) is 0.210. The van der Waals surface area contributed by atoms with Gasteiger partial charge in [0.1, 0.15) is 18.8 Å². The van der Waals surface area contributed by atoms with Crippen LogP contribution in [0.1, 0.15) is 26.2 Å². The van der Waals surface area contributed by atoms with Crippen molar-refractivity contribution in [2.45, 2.75) is 32.2 Å². The number of anilines is 1. The second-order valence-corrected chi connectivity index (χ2v) is 7.75. The average molecular weight is 368 g/mol. The maximum atomic E-state index is 12.9. The number of hydrogen-bond acceptors (Lipinski definition) is 6. The predicted molar refractivity (Wildman–Crippen MR) is 101 cm³/mol. The van der Waals surface area contributed by atoms with Crippen molar-refractivity contribution in [2.75, 3.05) is 31.6 Å². The van der Waals surface area contributed by atoms with Crippen LogP contribution in [0.25, 0.3) is 10.9 Å². The first-order valence-corrected chi connectivity index (χ1v) is 9.35. The van der Waals surface area contributed by atoms with Gasteiger partial charge in [0.25, 0.3) is 0 Å². The number of amides is 1. The lowest BCUT2D eigenvalue weighted by atomic mass is 9.87. The lowest BCUT2D eigenvalue weighted by Crippen LogP contribution is -2.50. The Morgan fingerprint density at radius 2 is 2.00 bits per heavy atom. The molecule has 1 aromatic heterocycles. The molecule has 1 unspecified atom stereocenters. The molecule has 1 atom stereocenters. The number of aromatic nitrogens is 2. The molecule has 27 heavy (non-hydrogen) atoms. The largest absolute Gasteiger partial charge is 0.464 e. The maximum absolute atomic E-state index is 12.9. The number of nitrogens with zero attached hydrogens (tertiary/aromatic N) is 4. The molecule has 2 aliphatic heterocycles. The third kappa shape index (κ3) is 3.22. The summed E-state index contributed by atoms with van der Waals surface area (Å²) in [6, 6.07) is 8.18. The maximum Gasteiger partial charge on any atom is 0.307 e. The predicted octanol–water partition coefficient (Wildman–Crippen LogP) is 2.01. The van der Waals surface area contributed by atoms with Gasteiger partial charge in [-0.2, -0.15) is 0 Å². The van der Waals surface area contributed by atoms with E-state index in [0.717, 1.165) is 42.7 Å². The van der Waals surface area contributed by atoms with Crippen LogP contribution in [0.4, 0.5) is 5.82 Å².